The van der Waals surface area contributed by atoms with Gasteiger partial charge in [0.25, 0.3) is 0 Å². The topological polar surface area (TPSA) is 0 Å². The summed E-state index contributed by atoms with van der Waals surface area (Å²) in [5.74, 6) is 0. The molecule has 0 unspecified atom stereocenters. The minimum Gasteiger partial charge on any atom is -0.165 e. The first-order valence-electron chi connectivity index (χ1n) is 5.15. The average molecular weight is 364 g/mol. The van der Waals surface area contributed by atoms with E-state index in [1.807, 2.05) is 0 Å². The first-order valence-corrected chi connectivity index (χ1v) is 5.15. The average Bonchev–Trinajstić information content (AvgIpc) is 2.41. The number of fused-ring (bicyclic) bond motifs is 1. The molecule has 0 N–H and O–H groups in total. The molecular formula is C14H17Hf-. The van der Waals surface area contributed by atoms with Crippen LogP contribution in [0.2, 0.25) is 0 Å². The van der Waals surface area contributed by atoms with Crippen LogP contribution in [-0.4, -0.2) is 0 Å². The molecule has 0 bridgehead atoms. The summed E-state index contributed by atoms with van der Waals surface area (Å²) in [7, 11) is 0. The van der Waals surface area contributed by atoms with E-state index < -0.39 is 0 Å². The minimum absolute atomic E-state index is 0. The van der Waals surface area contributed by atoms with E-state index in [4.69, 9.17) is 0 Å². The van der Waals surface area contributed by atoms with Crippen LogP contribution in [0.4, 0.5) is 0 Å². The van der Waals surface area contributed by atoms with Gasteiger partial charge < -0.3 is 0 Å². The van der Waals surface area contributed by atoms with Gasteiger partial charge in [-0.05, 0) is 5.41 Å². The van der Waals surface area contributed by atoms with Crippen LogP contribution >= 0.6 is 0 Å². The molecule has 0 heterocycles. The van der Waals surface area contributed by atoms with Crippen LogP contribution in [0.1, 0.15) is 31.9 Å². The van der Waals surface area contributed by atoms with Gasteiger partial charge in [0, 0.05) is 25.8 Å². The number of rotatable bonds is 0. The largest absolute Gasteiger partial charge is 0.165 e. The molecular weight excluding hydrogens is 347 g/mol. The second-order valence-corrected chi connectivity index (χ2v) is 5.09. The van der Waals surface area contributed by atoms with Gasteiger partial charge in [0.2, 0.25) is 0 Å². The Morgan fingerprint density at radius 1 is 1.13 bits per heavy atom. The van der Waals surface area contributed by atoms with Gasteiger partial charge in [-0.25, -0.2) is 0 Å². The fourth-order valence-electron chi connectivity index (χ4n) is 2.04. The van der Waals surface area contributed by atoms with E-state index in [2.05, 4.69) is 58.0 Å². The summed E-state index contributed by atoms with van der Waals surface area (Å²) in [6, 6.07) is 11.1. The Kier molecular flexibility index (Phi) is 3.65. The van der Waals surface area contributed by atoms with Crippen LogP contribution in [0, 0.1) is 6.92 Å². The predicted octanol–water partition coefficient (Wildman–Crippen LogP) is 4.16. The standard InChI is InChI=1S/C14H17.Hf/c1-10-8-11-6-5-7-13(12(11)9-10)14(2,3)4;/h5-9H,1-4H3;/q-1;. The third-order valence-corrected chi connectivity index (χ3v) is 2.70. The molecule has 0 saturated carbocycles. The van der Waals surface area contributed by atoms with Crippen LogP contribution in [0.25, 0.3) is 10.8 Å². The van der Waals surface area contributed by atoms with Gasteiger partial charge in [0.15, 0.2) is 0 Å². The van der Waals surface area contributed by atoms with Crippen LogP contribution in [0.3, 0.4) is 0 Å². The van der Waals surface area contributed by atoms with Gasteiger partial charge in [0.05, 0.1) is 0 Å². The van der Waals surface area contributed by atoms with Gasteiger partial charge in [-0.3, -0.25) is 0 Å². The Morgan fingerprint density at radius 2 is 1.80 bits per heavy atom. The Hall–Kier alpha value is -0.300. The van der Waals surface area contributed by atoms with Gasteiger partial charge in [-0.2, -0.15) is 6.07 Å². The second-order valence-electron chi connectivity index (χ2n) is 5.09. The van der Waals surface area contributed by atoms with Crippen molar-refractivity contribution in [2.45, 2.75) is 33.1 Å². The molecule has 0 fully saturated rings. The van der Waals surface area contributed by atoms with Crippen molar-refractivity contribution >= 4 is 10.8 Å². The van der Waals surface area contributed by atoms with Crippen molar-refractivity contribution in [1.29, 1.82) is 0 Å². The zero-order valence-electron chi connectivity index (χ0n) is 9.89. The summed E-state index contributed by atoms with van der Waals surface area (Å²) in [5.41, 5.74) is 3.04. The van der Waals surface area contributed by atoms with E-state index in [0.29, 0.717) is 0 Å². The second kappa shape index (κ2) is 4.29. The smallest absolute Gasteiger partial charge is 0 e. The molecule has 0 aliphatic carbocycles. The van der Waals surface area contributed by atoms with E-state index in [0.717, 1.165) is 0 Å². The molecule has 2 aromatic rings. The van der Waals surface area contributed by atoms with Crippen molar-refractivity contribution < 1.29 is 25.8 Å². The van der Waals surface area contributed by atoms with E-state index in [1.54, 1.807) is 0 Å². The van der Waals surface area contributed by atoms with Crippen molar-refractivity contribution in [3.05, 3.63) is 41.5 Å². The number of hydrogen-bond donors (Lipinski definition) is 0. The molecule has 15 heavy (non-hydrogen) atoms. The summed E-state index contributed by atoms with van der Waals surface area (Å²) in [6.07, 6.45) is 0. The zero-order valence-corrected chi connectivity index (χ0v) is 13.5. The van der Waals surface area contributed by atoms with Crippen LogP contribution in [0.5, 0.6) is 0 Å². The SMILES string of the molecule is Cc1cc2c(C(C)(C)C)cccc2[cH-]1.[Hf]. The minimum atomic E-state index is 0. The van der Waals surface area contributed by atoms with Crippen LogP contribution in [0.15, 0.2) is 30.3 Å². The number of aryl methyl sites for hydroxylation is 1. The fourth-order valence-corrected chi connectivity index (χ4v) is 2.04. The summed E-state index contributed by atoms with van der Waals surface area (Å²) in [6.45, 7) is 8.96. The maximum atomic E-state index is 2.29. The Balaban J connectivity index is 0.00000112. The molecule has 0 radical (unpaired) electrons. The van der Waals surface area contributed by atoms with Crippen molar-refractivity contribution in [2.75, 3.05) is 0 Å². The summed E-state index contributed by atoms with van der Waals surface area (Å²) >= 11 is 0. The normalized spacial score (nSPS) is 11.5. The van der Waals surface area contributed by atoms with Crippen molar-refractivity contribution in [1.82, 2.24) is 0 Å². The Labute approximate surface area is 111 Å². The van der Waals surface area contributed by atoms with E-state index in [9.17, 15) is 0 Å². The maximum absolute atomic E-state index is 2.29. The van der Waals surface area contributed by atoms with Crippen molar-refractivity contribution in [2.24, 2.45) is 0 Å². The molecule has 0 atom stereocenters. The van der Waals surface area contributed by atoms with Gasteiger partial charge in [-0.15, -0.1) is 34.5 Å². The molecule has 0 aliphatic heterocycles. The summed E-state index contributed by atoms with van der Waals surface area (Å²) < 4.78 is 0. The molecule has 2 rings (SSSR count). The van der Waals surface area contributed by atoms with E-state index >= 15 is 0 Å². The fraction of sp³-hybridized carbons (Fsp3) is 0.357. The first kappa shape index (κ1) is 12.8. The van der Waals surface area contributed by atoms with Crippen molar-refractivity contribution in [3.8, 4) is 0 Å². The van der Waals surface area contributed by atoms with Gasteiger partial charge in [-0.1, -0.05) is 39.3 Å². The van der Waals surface area contributed by atoms with E-state index in [1.165, 1.54) is 21.9 Å². The molecule has 0 amide bonds. The summed E-state index contributed by atoms with van der Waals surface area (Å²) in [4.78, 5) is 0. The third kappa shape index (κ3) is 2.44. The molecule has 0 saturated heterocycles. The maximum Gasteiger partial charge on any atom is 0 e. The van der Waals surface area contributed by atoms with Crippen LogP contribution < -0.4 is 0 Å². The predicted molar refractivity (Wildman–Crippen MR) is 63.0 cm³/mol. The zero-order chi connectivity index (χ0) is 10.3. The van der Waals surface area contributed by atoms with Gasteiger partial charge >= 0.3 is 0 Å². The molecule has 2 aromatic carbocycles. The van der Waals surface area contributed by atoms with Gasteiger partial charge in [0.1, 0.15) is 0 Å². The van der Waals surface area contributed by atoms with E-state index in [-0.39, 0.29) is 31.3 Å². The first-order chi connectivity index (χ1) is 6.48. The monoisotopic (exact) mass is 365 g/mol. The summed E-state index contributed by atoms with van der Waals surface area (Å²) in [5, 5.41) is 2.78. The Bertz CT molecular complexity index is 458. The molecule has 0 spiro atoms. The van der Waals surface area contributed by atoms with Crippen molar-refractivity contribution in [3.63, 3.8) is 0 Å². The third-order valence-electron chi connectivity index (χ3n) is 2.70. The quantitative estimate of drug-likeness (QED) is 0.487. The number of hydrogen-bond acceptors (Lipinski definition) is 0. The molecule has 0 aliphatic rings. The molecule has 0 aromatic heterocycles. The number of benzene rings is 1. The van der Waals surface area contributed by atoms with Crippen LogP contribution in [-0.2, 0) is 31.3 Å². The molecule has 0 nitrogen and oxygen atoms in total. The molecule has 1 heteroatoms. The Morgan fingerprint density at radius 3 is 2.40 bits per heavy atom. The molecule has 78 valence electrons.